The lowest BCUT2D eigenvalue weighted by atomic mass is 10.1. The van der Waals surface area contributed by atoms with Crippen molar-refractivity contribution in [2.45, 2.75) is 32.7 Å². The molecule has 1 saturated heterocycles. The monoisotopic (exact) mass is 294 g/mol. The predicted molar refractivity (Wildman–Crippen MR) is 80.8 cm³/mol. The molecule has 1 amide bonds. The standard InChI is InChI=1S/C16H23FN2O2/c1-12(2)11-21-16(20)19-8-6-14(7-9-19)18-15-5-3-4-13(17)10-15/h3-5,10,12,14,18H,6-9,11H2,1-2H3. The number of nitrogens with zero attached hydrogens (tertiary/aromatic N) is 1. The number of benzene rings is 1. The van der Waals surface area contributed by atoms with E-state index < -0.39 is 0 Å². The van der Waals surface area contributed by atoms with Crippen LogP contribution in [0, 0.1) is 11.7 Å². The summed E-state index contributed by atoms with van der Waals surface area (Å²) in [5, 5.41) is 3.31. The Morgan fingerprint density at radius 1 is 1.43 bits per heavy atom. The maximum Gasteiger partial charge on any atom is 0.409 e. The van der Waals surface area contributed by atoms with E-state index in [9.17, 15) is 9.18 Å². The second kappa shape index (κ2) is 7.29. The fraction of sp³-hybridized carbons (Fsp3) is 0.562. The molecule has 0 atom stereocenters. The molecular formula is C16H23FN2O2. The van der Waals surface area contributed by atoms with Gasteiger partial charge in [0.15, 0.2) is 0 Å². The maximum absolute atomic E-state index is 13.1. The third-order valence-corrected chi connectivity index (χ3v) is 3.49. The average molecular weight is 294 g/mol. The number of nitrogens with one attached hydrogen (secondary N) is 1. The van der Waals surface area contributed by atoms with E-state index in [0.29, 0.717) is 25.6 Å². The Morgan fingerprint density at radius 2 is 2.14 bits per heavy atom. The number of hydrogen-bond donors (Lipinski definition) is 1. The van der Waals surface area contributed by atoms with E-state index in [1.165, 1.54) is 12.1 Å². The van der Waals surface area contributed by atoms with E-state index in [-0.39, 0.29) is 18.0 Å². The Hall–Kier alpha value is -1.78. The Morgan fingerprint density at radius 3 is 2.76 bits per heavy atom. The molecule has 0 aromatic heterocycles. The van der Waals surface area contributed by atoms with E-state index >= 15 is 0 Å². The minimum Gasteiger partial charge on any atom is -0.449 e. The van der Waals surface area contributed by atoms with Gasteiger partial charge in [-0.3, -0.25) is 0 Å². The number of halogens is 1. The summed E-state index contributed by atoms with van der Waals surface area (Å²) in [5.41, 5.74) is 0.788. The summed E-state index contributed by atoms with van der Waals surface area (Å²) in [7, 11) is 0. The zero-order valence-corrected chi connectivity index (χ0v) is 12.6. The Labute approximate surface area is 125 Å². The highest BCUT2D eigenvalue weighted by molar-refractivity contribution is 5.67. The quantitative estimate of drug-likeness (QED) is 0.924. The van der Waals surface area contributed by atoms with E-state index in [0.717, 1.165) is 18.5 Å². The van der Waals surface area contributed by atoms with Gasteiger partial charge in [-0.2, -0.15) is 0 Å². The number of hydrogen-bond acceptors (Lipinski definition) is 3. The van der Waals surface area contributed by atoms with Crippen LogP contribution in [0.5, 0.6) is 0 Å². The van der Waals surface area contributed by atoms with Gasteiger partial charge in [0.05, 0.1) is 6.61 Å². The summed E-state index contributed by atoms with van der Waals surface area (Å²) >= 11 is 0. The summed E-state index contributed by atoms with van der Waals surface area (Å²) in [6, 6.07) is 6.73. The van der Waals surface area contributed by atoms with E-state index in [1.54, 1.807) is 11.0 Å². The van der Waals surface area contributed by atoms with Crippen LogP contribution in [0.25, 0.3) is 0 Å². The molecule has 2 rings (SSSR count). The largest absolute Gasteiger partial charge is 0.449 e. The summed E-state index contributed by atoms with van der Waals surface area (Å²) < 4.78 is 18.4. The average Bonchev–Trinajstić information content (AvgIpc) is 2.45. The van der Waals surface area contributed by atoms with Crippen molar-refractivity contribution in [1.82, 2.24) is 4.90 Å². The highest BCUT2D eigenvalue weighted by Gasteiger charge is 2.23. The molecule has 1 fully saturated rings. The number of piperidine rings is 1. The molecule has 0 aliphatic carbocycles. The number of amides is 1. The van der Waals surface area contributed by atoms with Crippen LogP contribution in [0.4, 0.5) is 14.9 Å². The molecule has 0 radical (unpaired) electrons. The molecule has 5 heteroatoms. The number of anilines is 1. The minimum absolute atomic E-state index is 0.229. The van der Waals surface area contributed by atoms with Gasteiger partial charge in [0, 0.05) is 24.8 Å². The SMILES string of the molecule is CC(C)COC(=O)N1CCC(Nc2cccc(F)c2)CC1. The van der Waals surface area contributed by atoms with Crippen LogP contribution in [0.2, 0.25) is 0 Å². The van der Waals surface area contributed by atoms with Crippen molar-refractivity contribution in [3.8, 4) is 0 Å². The van der Waals surface area contributed by atoms with Gasteiger partial charge in [-0.25, -0.2) is 9.18 Å². The van der Waals surface area contributed by atoms with E-state index in [4.69, 9.17) is 4.74 Å². The van der Waals surface area contributed by atoms with Crippen LogP contribution in [-0.4, -0.2) is 36.7 Å². The molecule has 1 aliphatic heterocycles. The van der Waals surface area contributed by atoms with E-state index in [2.05, 4.69) is 5.32 Å². The number of rotatable bonds is 4. The van der Waals surface area contributed by atoms with Crippen molar-refractivity contribution < 1.29 is 13.9 Å². The molecule has 1 aromatic carbocycles. The first-order valence-electron chi connectivity index (χ1n) is 7.48. The van der Waals surface area contributed by atoms with E-state index in [1.807, 2.05) is 19.9 Å². The van der Waals surface area contributed by atoms with Crippen LogP contribution in [0.1, 0.15) is 26.7 Å². The number of carbonyl (C=O) groups excluding carboxylic acids is 1. The summed E-state index contributed by atoms with van der Waals surface area (Å²) in [5.74, 6) is 0.107. The molecule has 116 valence electrons. The molecule has 1 N–H and O–H groups in total. The lowest BCUT2D eigenvalue weighted by molar-refractivity contribution is 0.0845. The van der Waals surface area contributed by atoms with Gasteiger partial charge < -0.3 is 15.0 Å². The fourth-order valence-electron chi connectivity index (χ4n) is 2.35. The maximum atomic E-state index is 13.1. The van der Waals surface area contributed by atoms with Gasteiger partial charge in [-0.1, -0.05) is 19.9 Å². The Kier molecular flexibility index (Phi) is 5.42. The third-order valence-electron chi connectivity index (χ3n) is 3.49. The molecular weight excluding hydrogens is 271 g/mol. The van der Waals surface area contributed by atoms with Crippen molar-refractivity contribution in [3.05, 3.63) is 30.1 Å². The normalized spacial score (nSPS) is 16.1. The number of likely N-dealkylation sites (tertiary alicyclic amines) is 1. The second-order valence-electron chi connectivity index (χ2n) is 5.89. The van der Waals surface area contributed by atoms with Crippen molar-refractivity contribution in [3.63, 3.8) is 0 Å². The first-order valence-corrected chi connectivity index (χ1v) is 7.48. The fourth-order valence-corrected chi connectivity index (χ4v) is 2.35. The summed E-state index contributed by atoms with van der Waals surface area (Å²) in [6.07, 6.45) is 1.45. The molecule has 0 unspecified atom stereocenters. The minimum atomic E-state index is -0.241. The Balaban J connectivity index is 1.76. The van der Waals surface area contributed by atoms with Gasteiger partial charge in [-0.15, -0.1) is 0 Å². The third kappa shape index (κ3) is 4.92. The van der Waals surface area contributed by atoms with Crippen molar-refractivity contribution in [2.24, 2.45) is 5.92 Å². The first kappa shape index (κ1) is 15.6. The molecule has 21 heavy (non-hydrogen) atoms. The lowest BCUT2D eigenvalue weighted by Crippen LogP contribution is -2.42. The molecule has 1 aliphatic rings. The van der Waals surface area contributed by atoms with Crippen LogP contribution in [0.3, 0.4) is 0 Å². The van der Waals surface area contributed by atoms with Gasteiger partial charge in [0.2, 0.25) is 0 Å². The van der Waals surface area contributed by atoms with Crippen molar-refractivity contribution >= 4 is 11.8 Å². The molecule has 0 saturated carbocycles. The zero-order chi connectivity index (χ0) is 15.2. The summed E-state index contributed by atoms with van der Waals surface area (Å²) in [6.45, 7) is 5.83. The van der Waals surface area contributed by atoms with Crippen molar-refractivity contribution in [2.75, 3.05) is 25.0 Å². The number of carbonyl (C=O) groups is 1. The first-order chi connectivity index (χ1) is 10.0. The molecule has 0 spiro atoms. The highest BCUT2D eigenvalue weighted by Crippen LogP contribution is 2.18. The lowest BCUT2D eigenvalue weighted by Gasteiger charge is -2.32. The van der Waals surface area contributed by atoms with Crippen molar-refractivity contribution in [1.29, 1.82) is 0 Å². The van der Waals surface area contributed by atoms with Gasteiger partial charge in [0.1, 0.15) is 5.82 Å². The highest BCUT2D eigenvalue weighted by atomic mass is 19.1. The van der Waals surface area contributed by atoms with Crippen LogP contribution in [-0.2, 0) is 4.74 Å². The predicted octanol–water partition coefficient (Wildman–Crippen LogP) is 3.49. The summed E-state index contributed by atoms with van der Waals surface area (Å²) in [4.78, 5) is 13.6. The Bertz CT molecular complexity index is 471. The van der Waals surface area contributed by atoms with Gasteiger partial charge in [-0.05, 0) is 37.0 Å². The van der Waals surface area contributed by atoms with Crippen LogP contribution < -0.4 is 5.32 Å². The molecule has 1 heterocycles. The van der Waals surface area contributed by atoms with Gasteiger partial charge in [0.25, 0.3) is 0 Å². The molecule has 0 bridgehead atoms. The van der Waals surface area contributed by atoms with Crippen LogP contribution >= 0.6 is 0 Å². The zero-order valence-electron chi connectivity index (χ0n) is 12.6. The topological polar surface area (TPSA) is 41.6 Å². The second-order valence-corrected chi connectivity index (χ2v) is 5.89. The smallest absolute Gasteiger partial charge is 0.409 e. The molecule has 4 nitrogen and oxygen atoms in total. The number of ether oxygens (including phenoxy) is 1. The van der Waals surface area contributed by atoms with Gasteiger partial charge >= 0.3 is 6.09 Å². The molecule has 1 aromatic rings. The van der Waals surface area contributed by atoms with Crippen LogP contribution in [0.15, 0.2) is 24.3 Å².